The molecule has 8 heteroatoms. The number of hydrogen-bond acceptors (Lipinski definition) is 4. The van der Waals surface area contributed by atoms with Crippen LogP contribution in [0.1, 0.15) is 5.82 Å². The Kier molecular flexibility index (Phi) is 2.36. The number of halogens is 1. The van der Waals surface area contributed by atoms with E-state index in [1.165, 1.54) is 10.6 Å². The maximum atomic E-state index is 11.3. The van der Waals surface area contributed by atoms with Crippen molar-refractivity contribution in [1.82, 2.24) is 19.1 Å². The Bertz CT molecular complexity index is 454. The lowest BCUT2D eigenvalue weighted by atomic mass is 10.4. The molecule has 1 aromatic rings. The molecule has 0 saturated carbocycles. The monoisotopic (exact) mass is 280 g/mol. The summed E-state index contributed by atoms with van der Waals surface area (Å²) in [7, 11) is -3.12. The average molecular weight is 281 g/mol. The van der Waals surface area contributed by atoms with Crippen molar-refractivity contribution in [3.8, 4) is 0 Å². The lowest BCUT2D eigenvalue weighted by Crippen LogP contribution is -2.37. The minimum absolute atomic E-state index is 0.303. The van der Waals surface area contributed by atoms with Gasteiger partial charge in [0.1, 0.15) is 5.82 Å². The fraction of sp³-hybridized carbons (Fsp3) is 0.667. The van der Waals surface area contributed by atoms with Crippen molar-refractivity contribution in [2.24, 2.45) is 0 Å². The fourth-order valence-corrected chi connectivity index (χ4v) is 2.61. The van der Waals surface area contributed by atoms with E-state index < -0.39 is 10.0 Å². The van der Waals surface area contributed by atoms with E-state index in [2.05, 4.69) is 26.1 Å². The Balaban J connectivity index is 2.31. The second kappa shape index (κ2) is 3.28. The zero-order valence-corrected chi connectivity index (χ0v) is 9.92. The molecule has 0 fully saturated rings. The van der Waals surface area contributed by atoms with Crippen LogP contribution in [0.25, 0.3) is 0 Å². The highest BCUT2D eigenvalue weighted by Gasteiger charge is 2.25. The Labute approximate surface area is 90.1 Å². The topological polar surface area (TPSA) is 68.1 Å². The van der Waals surface area contributed by atoms with E-state index in [-0.39, 0.29) is 0 Å². The van der Waals surface area contributed by atoms with E-state index in [0.717, 1.165) is 0 Å². The highest BCUT2D eigenvalue weighted by Crippen LogP contribution is 2.17. The van der Waals surface area contributed by atoms with Crippen LogP contribution >= 0.6 is 15.9 Å². The first kappa shape index (κ1) is 10.1. The number of sulfonamides is 1. The van der Waals surface area contributed by atoms with Crippen molar-refractivity contribution >= 4 is 26.0 Å². The number of fused-ring (bicyclic) bond motifs is 1. The molecule has 0 bridgehead atoms. The van der Waals surface area contributed by atoms with Gasteiger partial charge in [0, 0.05) is 13.1 Å². The van der Waals surface area contributed by atoms with Crippen molar-refractivity contribution < 1.29 is 8.42 Å². The number of aromatic nitrogens is 3. The molecule has 6 nitrogen and oxygen atoms in total. The smallest absolute Gasteiger partial charge is 0.211 e. The van der Waals surface area contributed by atoms with Crippen LogP contribution < -0.4 is 0 Å². The summed E-state index contributed by atoms with van der Waals surface area (Å²) in [6.45, 7) is 1.37. The Morgan fingerprint density at radius 1 is 1.36 bits per heavy atom. The molecule has 0 aromatic carbocycles. The summed E-state index contributed by atoms with van der Waals surface area (Å²) in [6, 6.07) is 0. The van der Waals surface area contributed by atoms with Gasteiger partial charge in [0.15, 0.2) is 4.73 Å². The van der Waals surface area contributed by atoms with Crippen LogP contribution in [0.3, 0.4) is 0 Å². The van der Waals surface area contributed by atoms with Gasteiger partial charge >= 0.3 is 0 Å². The van der Waals surface area contributed by atoms with Crippen LogP contribution in [0, 0.1) is 0 Å². The van der Waals surface area contributed by atoms with Crippen molar-refractivity contribution in [3.05, 3.63) is 10.6 Å². The highest BCUT2D eigenvalue weighted by atomic mass is 79.9. The van der Waals surface area contributed by atoms with Crippen LogP contribution in [0.5, 0.6) is 0 Å². The average Bonchev–Trinajstić information content (AvgIpc) is 2.46. The molecule has 0 amide bonds. The molecule has 0 unspecified atom stereocenters. The fourth-order valence-electron chi connectivity index (χ4n) is 1.38. The van der Waals surface area contributed by atoms with E-state index in [0.29, 0.717) is 30.2 Å². The third kappa shape index (κ3) is 1.69. The predicted octanol–water partition coefficient (Wildman–Crippen LogP) is -0.184. The van der Waals surface area contributed by atoms with Crippen molar-refractivity contribution in [2.45, 2.75) is 13.1 Å². The third-order valence-electron chi connectivity index (χ3n) is 2.14. The molecular formula is C6H9BrN4O2S. The first-order chi connectivity index (χ1) is 6.48. The van der Waals surface area contributed by atoms with Gasteiger partial charge in [-0.05, 0) is 15.9 Å². The molecule has 0 aliphatic carbocycles. The first-order valence-electron chi connectivity index (χ1n) is 4.01. The minimum atomic E-state index is -3.12. The maximum Gasteiger partial charge on any atom is 0.211 e. The summed E-state index contributed by atoms with van der Waals surface area (Å²) in [5, 5.41) is 7.70. The lowest BCUT2D eigenvalue weighted by molar-refractivity contribution is 0.336. The Hall–Kier alpha value is -0.470. The summed E-state index contributed by atoms with van der Waals surface area (Å²) in [6.07, 6.45) is 1.20. The third-order valence-corrected chi connectivity index (χ3v) is 3.98. The quantitative estimate of drug-likeness (QED) is 0.716. The van der Waals surface area contributed by atoms with E-state index >= 15 is 0 Å². The molecule has 14 heavy (non-hydrogen) atoms. The second-order valence-corrected chi connectivity index (χ2v) is 5.83. The van der Waals surface area contributed by atoms with Crippen LogP contribution in [0.2, 0.25) is 0 Å². The molecule has 78 valence electrons. The van der Waals surface area contributed by atoms with Gasteiger partial charge in [0.05, 0.1) is 12.8 Å². The molecule has 0 N–H and O–H groups in total. The summed E-state index contributed by atoms with van der Waals surface area (Å²) in [5.41, 5.74) is 0. The summed E-state index contributed by atoms with van der Waals surface area (Å²) < 4.78 is 26.4. The van der Waals surface area contributed by atoms with E-state index in [9.17, 15) is 8.42 Å². The van der Waals surface area contributed by atoms with Gasteiger partial charge in [0.25, 0.3) is 0 Å². The summed E-state index contributed by atoms with van der Waals surface area (Å²) >= 11 is 3.24. The first-order valence-corrected chi connectivity index (χ1v) is 6.65. The molecule has 1 aliphatic heterocycles. The van der Waals surface area contributed by atoms with Crippen LogP contribution in [-0.2, 0) is 23.1 Å². The maximum absolute atomic E-state index is 11.3. The zero-order valence-electron chi connectivity index (χ0n) is 7.51. The summed E-state index contributed by atoms with van der Waals surface area (Å²) in [4.78, 5) is 0. The summed E-state index contributed by atoms with van der Waals surface area (Å²) in [5.74, 6) is 0.675. The van der Waals surface area contributed by atoms with Gasteiger partial charge in [-0.3, -0.25) is 0 Å². The molecular weight excluding hydrogens is 272 g/mol. The molecule has 1 aliphatic rings. The van der Waals surface area contributed by atoms with Crippen LogP contribution in [0.4, 0.5) is 0 Å². The molecule has 1 aromatic heterocycles. The standard InChI is InChI=1S/C6H9BrN4O2S/c1-14(12,13)10-2-3-11-5(4-10)8-9-6(11)7/h2-4H2,1H3. The Morgan fingerprint density at radius 3 is 2.71 bits per heavy atom. The largest absolute Gasteiger partial charge is 0.303 e. The lowest BCUT2D eigenvalue weighted by Gasteiger charge is -2.24. The molecule has 2 rings (SSSR count). The zero-order chi connectivity index (χ0) is 10.3. The van der Waals surface area contributed by atoms with Crippen LogP contribution in [-0.4, -0.2) is 40.3 Å². The minimum Gasteiger partial charge on any atom is -0.303 e. The molecule has 0 spiro atoms. The van der Waals surface area contributed by atoms with Crippen molar-refractivity contribution in [3.63, 3.8) is 0 Å². The number of rotatable bonds is 1. The van der Waals surface area contributed by atoms with E-state index in [1.54, 1.807) is 0 Å². The second-order valence-electron chi connectivity index (χ2n) is 3.13. The molecule has 0 saturated heterocycles. The van der Waals surface area contributed by atoms with Gasteiger partial charge in [-0.1, -0.05) is 0 Å². The SMILES string of the molecule is CS(=O)(=O)N1CCn2c(Br)nnc2C1. The predicted molar refractivity (Wildman–Crippen MR) is 53.0 cm³/mol. The molecule has 0 atom stereocenters. The van der Waals surface area contributed by atoms with Crippen LogP contribution in [0.15, 0.2) is 4.73 Å². The van der Waals surface area contributed by atoms with Gasteiger partial charge in [-0.25, -0.2) is 8.42 Å². The van der Waals surface area contributed by atoms with Gasteiger partial charge < -0.3 is 4.57 Å². The normalized spacial score (nSPS) is 18.1. The van der Waals surface area contributed by atoms with E-state index in [4.69, 9.17) is 0 Å². The Morgan fingerprint density at radius 2 is 2.07 bits per heavy atom. The van der Waals surface area contributed by atoms with E-state index in [1.807, 2.05) is 4.57 Å². The number of nitrogens with zero attached hydrogens (tertiary/aromatic N) is 4. The highest BCUT2D eigenvalue weighted by molar-refractivity contribution is 9.10. The van der Waals surface area contributed by atoms with Gasteiger partial charge in [-0.2, -0.15) is 4.31 Å². The number of hydrogen-bond donors (Lipinski definition) is 0. The van der Waals surface area contributed by atoms with Crippen molar-refractivity contribution in [2.75, 3.05) is 12.8 Å². The molecule has 2 heterocycles. The van der Waals surface area contributed by atoms with Crippen molar-refractivity contribution in [1.29, 1.82) is 0 Å². The van der Waals surface area contributed by atoms with Gasteiger partial charge in [-0.15, -0.1) is 10.2 Å². The van der Waals surface area contributed by atoms with Gasteiger partial charge in [0.2, 0.25) is 10.0 Å². The molecule has 0 radical (unpaired) electrons.